The molecule has 4 heterocycles. The van der Waals surface area contributed by atoms with Gasteiger partial charge in [-0.2, -0.15) is 13.2 Å². The molecule has 1 aromatic heterocycles. The minimum absolute atomic E-state index is 0. The van der Waals surface area contributed by atoms with Crippen molar-refractivity contribution in [3.63, 3.8) is 0 Å². The van der Waals surface area contributed by atoms with Gasteiger partial charge in [0.15, 0.2) is 5.82 Å². The molecule has 3 aromatic carbocycles. The summed E-state index contributed by atoms with van der Waals surface area (Å²) < 4.78 is 83.4. The number of nitrogens with zero attached hydrogens (tertiary/aromatic N) is 4. The first kappa shape index (κ1) is 75.0. The number of ether oxygens (including phenoxy) is 3. The Morgan fingerprint density at radius 2 is 1.30 bits per heavy atom. The number of nitro benzene ring substituents is 2. The molecule has 3 saturated heterocycles. The third-order valence-corrected chi connectivity index (χ3v) is 8.75. The van der Waals surface area contributed by atoms with Gasteiger partial charge < -0.3 is 50.7 Å². The number of aryl methyl sites for hydroxylation is 1. The fraction of sp³-hybridized carbons (Fsp3) is 0.375. The van der Waals surface area contributed by atoms with E-state index in [1.165, 1.54) is 12.1 Å². The summed E-state index contributed by atoms with van der Waals surface area (Å²) in [4.78, 5) is 34.5. The van der Waals surface area contributed by atoms with Crippen LogP contribution in [0, 0.1) is 50.4 Å². The number of rotatable bonds is 8. The molecule has 3 aliphatic rings. The van der Waals surface area contributed by atoms with Crippen molar-refractivity contribution in [2.75, 3.05) is 51.6 Å². The maximum Gasteiger partial charge on any atom is 1.00 e. The molecule has 21 nitrogen and oxygen atoms in total. The topological polar surface area (TPSA) is 298 Å². The fourth-order valence-electron chi connectivity index (χ4n) is 4.46. The first-order chi connectivity index (χ1) is 29.3. The third kappa shape index (κ3) is 28.2. The number of nitro groups is 2. The zero-order valence-electron chi connectivity index (χ0n) is 36.7. The third-order valence-electron chi connectivity index (χ3n) is 7.04. The van der Waals surface area contributed by atoms with E-state index < -0.39 is 48.3 Å². The molecule has 0 saturated carbocycles. The normalized spacial score (nSPS) is 13.1. The van der Waals surface area contributed by atoms with E-state index in [2.05, 4.69) is 83.5 Å². The van der Waals surface area contributed by atoms with Crippen LogP contribution in [0.1, 0.15) is 20.2 Å². The molecule has 0 aliphatic carbocycles. The summed E-state index contributed by atoms with van der Waals surface area (Å²) in [6, 6.07) is 8.21. The molecule has 7 rings (SSSR count). The van der Waals surface area contributed by atoms with Gasteiger partial charge in [-0.05, 0) is 43.3 Å². The Balaban J connectivity index is -0.000000237. The van der Waals surface area contributed by atoms with E-state index in [-0.39, 0.29) is 233 Å². The molecular formula is C32H35Br3Cs2F4N6Na2O15S2. The van der Waals surface area contributed by atoms with Crippen LogP contribution in [-0.2, 0) is 58.3 Å². The Hall–Kier alpha value is 2.47. The molecule has 3 aliphatic heterocycles. The van der Waals surface area contributed by atoms with Crippen molar-refractivity contribution < 1.29 is 279 Å². The van der Waals surface area contributed by atoms with E-state index >= 15 is 0 Å². The van der Waals surface area contributed by atoms with Gasteiger partial charge in [-0.25, -0.2) is 25.8 Å². The molecule has 0 spiro atoms. The van der Waals surface area contributed by atoms with Gasteiger partial charge >= 0.3 is 208 Å². The summed E-state index contributed by atoms with van der Waals surface area (Å²) in [7, 11) is -1.95. The second-order valence-electron chi connectivity index (χ2n) is 11.5. The van der Waals surface area contributed by atoms with E-state index in [1.54, 1.807) is 6.92 Å². The Morgan fingerprint density at radius 3 is 1.62 bits per heavy atom. The maximum absolute atomic E-state index is 13.7. The van der Waals surface area contributed by atoms with Crippen LogP contribution in [0.3, 0.4) is 0 Å². The number of aromatic nitrogens is 2. The van der Waals surface area contributed by atoms with Crippen LogP contribution in [0.2, 0.25) is 0 Å². The Bertz CT molecular complexity index is 2160. The van der Waals surface area contributed by atoms with E-state index in [9.17, 15) is 42.0 Å². The van der Waals surface area contributed by atoms with Crippen LogP contribution >= 0.6 is 47.8 Å². The monoisotopic (exact) mass is 1430 g/mol. The Kier molecular flexibility index (Phi) is 47.5. The van der Waals surface area contributed by atoms with E-state index in [4.69, 9.17) is 40.4 Å². The second-order valence-corrected chi connectivity index (χ2v) is 15.6. The zero-order valence-corrected chi connectivity index (χ0v) is 58.7. The molecule has 3 fully saturated rings. The Labute approximate surface area is 568 Å². The van der Waals surface area contributed by atoms with Crippen molar-refractivity contribution in [3.05, 3.63) is 99.1 Å². The number of fused-ring (bicyclic) bond motifs is 1. The van der Waals surface area contributed by atoms with Gasteiger partial charge in [0, 0.05) is 13.4 Å². The number of hydrogen-bond donors (Lipinski definition) is 3. The first-order valence-electron chi connectivity index (χ1n) is 16.7. The standard InChI is InChI=1S/C11H10BrFN2O.C9H8BrFN2O3.C6H2BrF2NO2.C3H7NO.C2H5O.CH2O3.2Cs.2Na.HO4S2.H/c1-6-14-11-9(13)2-7(12)3-10(11)15(6)8-4-16-5-8;10-5-1-7(11)9(13(14)15)8(2-5)12-6-3-16-4-6;7-3-1-4(8)6(10(11)12)5(9)2-3;4-3-1-5-2-3;1-2-3;2-1-4-3;;;;;1-3-4-6(2)5;/h2-3,8H,4-5H2,1H3;1-2,6,12H,3-4H2;1-2H;3H,1-2,4H2;2H2,1H3;1,3H;;;;;1H;/q;;;;-1;;4*+1;2*-1/p-1. The number of anilines is 1. The number of hydrogen-bond acceptors (Lipinski definition) is 20. The van der Waals surface area contributed by atoms with Crippen LogP contribution in [0.4, 0.5) is 34.6 Å². The van der Waals surface area contributed by atoms with E-state index in [0.717, 1.165) is 47.2 Å². The summed E-state index contributed by atoms with van der Waals surface area (Å²) >= 11 is 13.0. The summed E-state index contributed by atoms with van der Waals surface area (Å²) in [5, 5.41) is 51.2. The quantitative estimate of drug-likeness (QED) is 0.0281. The molecule has 4 aromatic rings. The van der Waals surface area contributed by atoms with Gasteiger partial charge in [0.05, 0.1) is 73.1 Å². The average molecular weight is 1440 g/mol. The minimum Gasteiger partial charge on any atom is -1.00 e. The summed E-state index contributed by atoms with van der Waals surface area (Å²) in [5.41, 5.74) is 5.03. The molecule has 34 heteroatoms. The van der Waals surface area contributed by atoms with Crippen LogP contribution in [-0.4, -0.2) is 89.5 Å². The van der Waals surface area contributed by atoms with Gasteiger partial charge in [0.25, 0.3) is 6.47 Å². The van der Waals surface area contributed by atoms with Gasteiger partial charge in [-0.1, -0.05) is 69.4 Å². The van der Waals surface area contributed by atoms with Gasteiger partial charge in [0.1, 0.15) is 17.0 Å². The number of benzene rings is 3. The smallest absolute Gasteiger partial charge is 1.00 e. The summed E-state index contributed by atoms with van der Waals surface area (Å²) in [5.74, 6) is -2.69. The number of nitrogens with one attached hydrogen (secondary N) is 1. The van der Waals surface area contributed by atoms with Crippen LogP contribution in [0.15, 0.2) is 49.8 Å². The van der Waals surface area contributed by atoms with Crippen LogP contribution in [0.5, 0.6) is 0 Å². The number of carbonyl (C=O) groups is 1. The molecule has 4 N–H and O–H groups in total. The van der Waals surface area contributed by atoms with Crippen molar-refractivity contribution in [1.82, 2.24) is 9.55 Å². The predicted molar refractivity (Wildman–Crippen MR) is 219 cm³/mol. The van der Waals surface area contributed by atoms with Crippen molar-refractivity contribution in [3.8, 4) is 0 Å². The predicted octanol–water partition coefficient (Wildman–Crippen LogP) is -7.22. The fourth-order valence-corrected chi connectivity index (χ4v) is 5.83. The molecule has 0 atom stereocenters. The van der Waals surface area contributed by atoms with E-state index in [1.807, 2.05) is 17.6 Å². The zero-order chi connectivity index (χ0) is 47.1. The molecular weight excluding hydrogens is 1400 g/mol. The number of halogens is 7. The van der Waals surface area contributed by atoms with Crippen molar-refractivity contribution >= 4 is 103 Å². The minimum atomic E-state index is -1.95. The molecule has 0 amide bonds. The maximum atomic E-state index is 13.7. The molecule has 348 valence electrons. The number of imidazole rings is 1. The summed E-state index contributed by atoms with van der Waals surface area (Å²) in [6.45, 7) is 7.13. The van der Waals surface area contributed by atoms with Gasteiger partial charge in [-0.3, -0.25) is 29.4 Å². The van der Waals surface area contributed by atoms with Gasteiger partial charge in [-0.15, -0.1) is 6.61 Å². The Morgan fingerprint density at radius 1 is 0.909 bits per heavy atom. The molecule has 0 unspecified atom stereocenters. The van der Waals surface area contributed by atoms with E-state index in [0.29, 0.717) is 48.5 Å². The second kappa shape index (κ2) is 41.8. The first-order valence-corrected chi connectivity index (χ1v) is 21.0. The molecule has 0 bridgehead atoms. The van der Waals surface area contributed by atoms with Gasteiger partial charge in [0.2, 0.25) is 17.5 Å². The number of nitrogens with two attached hydrogens (primary N) is 1. The largest absolute Gasteiger partial charge is 1.00 e. The molecule has 66 heavy (non-hydrogen) atoms. The SMILES string of the molecule is CC[O-].Cc1nc2c(F)cc(Br)cc2n1C1COC1.NC1COC1.O=CO[O-].O=[N+]([O-])c1c(F)cc(Br)cc1F.O=[N+]([O-])c1c(F)cc(Br)cc1NC1COC1.O=[S-](=S)OOO.[Cs+].[Cs+].[H-].[Na+].[Na+]. The van der Waals surface area contributed by atoms with Crippen molar-refractivity contribution in [2.45, 2.75) is 32.0 Å². The van der Waals surface area contributed by atoms with Crippen molar-refractivity contribution in [2.24, 2.45) is 5.73 Å². The summed E-state index contributed by atoms with van der Waals surface area (Å²) in [6.07, 6.45) is 0. The number of carbonyl (C=O) groups excluding carboxylic acids is 1. The van der Waals surface area contributed by atoms with Crippen LogP contribution < -0.4 is 218 Å². The van der Waals surface area contributed by atoms with Crippen molar-refractivity contribution in [1.29, 1.82) is 0 Å². The average Bonchev–Trinajstić information content (AvgIpc) is 3.44. The molecule has 0 radical (unpaired) electrons. The van der Waals surface area contributed by atoms with Crippen LogP contribution in [0.25, 0.3) is 11.0 Å².